The van der Waals surface area contributed by atoms with Crippen molar-refractivity contribution in [2.45, 2.75) is 46.5 Å². The van der Waals surface area contributed by atoms with Crippen molar-refractivity contribution in [1.29, 1.82) is 0 Å². The largest absolute Gasteiger partial charge is 0.384 e. The molecule has 0 aliphatic carbocycles. The lowest BCUT2D eigenvalue weighted by atomic mass is 9.95. The van der Waals surface area contributed by atoms with E-state index in [9.17, 15) is 57.3 Å². The Hall–Kier alpha value is 0.220. The van der Waals surface area contributed by atoms with E-state index in [0.717, 1.165) is 6.92 Å². The Morgan fingerprint density at radius 2 is 1.21 bits per heavy atom. The van der Waals surface area contributed by atoms with Gasteiger partial charge in [0, 0.05) is 6.16 Å². The second-order valence-corrected chi connectivity index (χ2v) is 11.1. The van der Waals surface area contributed by atoms with Gasteiger partial charge in [-0.05, 0) is 0 Å². The van der Waals surface area contributed by atoms with Gasteiger partial charge in [0.1, 0.15) is 6.61 Å². The monoisotopic (exact) mass is 524 g/mol. The van der Waals surface area contributed by atoms with E-state index in [4.69, 9.17) is 34.8 Å². The number of hydrogen-bond acceptors (Lipinski definition) is 2. The first-order chi connectivity index (χ1) is 12.0. The molecule has 0 aromatic carbocycles. The molecule has 0 bridgehead atoms. The molecule has 0 spiro atoms. The number of alkyl halides is 15. The maximum absolute atomic E-state index is 13.5. The summed E-state index contributed by atoms with van der Waals surface area (Å²) < 4.78 is 168. The van der Waals surface area contributed by atoms with Gasteiger partial charge in [-0.2, -0.15) is 43.9 Å². The van der Waals surface area contributed by atoms with Crippen molar-refractivity contribution in [3.8, 4) is 0 Å². The van der Waals surface area contributed by atoms with Crippen LogP contribution in [0.1, 0.15) is 6.92 Å². The lowest BCUT2D eigenvalue weighted by Crippen LogP contribution is -2.69. The Bertz CT molecular complexity index is 607. The highest BCUT2D eigenvalue weighted by molar-refractivity contribution is 7.67. The molecule has 2 nitrogen and oxygen atoms in total. The molecule has 1 unspecified atom stereocenters. The second kappa shape index (κ2) is 8.05. The Balaban J connectivity index is 6.04. The van der Waals surface area contributed by atoms with Gasteiger partial charge in [-0.25, -0.2) is 8.78 Å². The fraction of sp³-hybridized carbons (Fsp3) is 1.00. The maximum atomic E-state index is 13.5. The summed E-state index contributed by atoms with van der Waals surface area (Å²) in [6, 6.07) is 0. The number of hydrogen-bond donors (Lipinski definition) is 0. The zero-order chi connectivity index (χ0) is 23.2. The third kappa shape index (κ3) is 4.45. The van der Waals surface area contributed by atoms with Gasteiger partial charge >= 0.3 is 36.0 Å². The smallest absolute Gasteiger partial charge is 0.319 e. The third-order valence-corrected chi connectivity index (χ3v) is 7.67. The molecule has 0 aromatic heterocycles. The summed E-state index contributed by atoms with van der Waals surface area (Å²) in [5.41, 5.74) is 0. The van der Waals surface area contributed by atoms with Crippen LogP contribution in [0.25, 0.3) is 0 Å². The number of halogens is 15. The average molecular weight is 525 g/mol. The molecule has 18 heteroatoms. The number of rotatable bonds is 9. The van der Waals surface area contributed by atoms with Crippen molar-refractivity contribution < 1.29 is 61.8 Å². The molecule has 0 fully saturated rings. The molecular formula is C10H8Cl3F12O2P. The van der Waals surface area contributed by atoms with Gasteiger partial charge in [-0.15, -0.1) is 0 Å². The normalized spacial score (nSPS) is 17.8. The molecule has 0 saturated carbocycles. The zero-order valence-corrected chi connectivity index (χ0v) is 16.1. The molecule has 0 saturated heterocycles. The third-order valence-electron chi connectivity index (χ3n) is 3.20. The molecule has 0 amide bonds. The van der Waals surface area contributed by atoms with Crippen LogP contribution in [-0.4, -0.2) is 52.3 Å². The zero-order valence-electron chi connectivity index (χ0n) is 12.9. The van der Waals surface area contributed by atoms with Crippen LogP contribution in [-0.2, 0) is 9.09 Å². The maximum Gasteiger partial charge on any atom is 0.384 e. The van der Waals surface area contributed by atoms with E-state index >= 15 is 0 Å². The standard InChI is InChI=1S/C10H8Cl3F12O2P/c1-2-28(26,10(11,12)13)27-3-5(16,17)7(20,21)9(24,25)8(22,23)6(18,19)4(14)15/h4H,2-3H2,1H3. The molecule has 0 aromatic rings. The minimum atomic E-state index is -7.72. The van der Waals surface area contributed by atoms with Crippen molar-refractivity contribution in [2.75, 3.05) is 12.8 Å². The van der Waals surface area contributed by atoms with Crippen molar-refractivity contribution >= 4 is 42.2 Å². The van der Waals surface area contributed by atoms with E-state index < -0.39 is 59.7 Å². The van der Waals surface area contributed by atoms with Gasteiger partial charge in [0.05, 0.1) is 0 Å². The Labute approximate surface area is 163 Å². The Morgan fingerprint density at radius 3 is 1.50 bits per heavy atom. The molecular weight excluding hydrogens is 517 g/mol. The molecule has 28 heavy (non-hydrogen) atoms. The minimum absolute atomic E-state index is 0.852. The van der Waals surface area contributed by atoms with Crippen LogP contribution in [0.5, 0.6) is 0 Å². The summed E-state index contributed by atoms with van der Waals surface area (Å²) in [5.74, 6) is -36.3. The fourth-order valence-corrected chi connectivity index (χ4v) is 3.97. The predicted octanol–water partition coefficient (Wildman–Crippen LogP) is 7.07. The summed E-state index contributed by atoms with van der Waals surface area (Å²) in [4.78, 5) is 0. The van der Waals surface area contributed by atoms with E-state index in [-0.39, 0.29) is 0 Å². The highest BCUT2D eigenvalue weighted by Crippen LogP contribution is 2.66. The highest BCUT2D eigenvalue weighted by atomic mass is 35.6. The molecule has 1 atom stereocenters. The van der Waals surface area contributed by atoms with Crippen LogP contribution in [0.3, 0.4) is 0 Å². The van der Waals surface area contributed by atoms with Gasteiger partial charge in [-0.3, -0.25) is 4.57 Å². The van der Waals surface area contributed by atoms with Gasteiger partial charge in [0.15, 0.2) is 0 Å². The van der Waals surface area contributed by atoms with E-state index in [1.165, 1.54) is 0 Å². The van der Waals surface area contributed by atoms with Gasteiger partial charge in [0.25, 0.3) is 10.9 Å². The quantitative estimate of drug-likeness (QED) is 0.183. The average Bonchev–Trinajstić information content (AvgIpc) is 2.50. The van der Waals surface area contributed by atoms with Crippen molar-refractivity contribution in [1.82, 2.24) is 0 Å². The van der Waals surface area contributed by atoms with E-state index in [1.807, 2.05) is 0 Å². The highest BCUT2D eigenvalue weighted by Gasteiger charge is 2.87. The van der Waals surface area contributed by atoms with Crippen LogP contribution < -0.4 is 0 Å². The van der Waals surface area contributed by atoms with E-state index in [1.54, 1.807) is 0 Å². The van der Waals surface area contributed by atoms with Crippen LogP contribution >= 0.6 is 42.2 Å². The molecule has 170 valence electrons. The predicted molar refractivity (Wildman–Crippen MR) is 75.1 cm³/mol. The van der Waals surface area contributed by atoms with Crippen LogP contribution in [0.2, 0.25) is 0 Å². The van der Waals surface area contributed by atoms with Crippen molar-refractivity contribution in [3.05, 3.63) is 0 Å². The first-order valence-corrected chi connectivity index (χ1v) is 9.38. The van der Waals surface area contributed by atoms with Gasteiger partial charge in [-0.1, -0.05) is 41.7 Å². The Morgan fingerprint density at radius 1 is 0.821 bits per heavy atom. The van der Waals surface area contributed by atoms with Crippen LogP contribution in [0.15, 0.2) is 0 Å². The van der Waals surface area contributed by atoms with Gasteiger partial charge in [0.2, 0.25) is 0 Å². The topological polar surface area (TPSA) is 26.3 Å². The SMILES string of the molecule is CCP(=O)(OCC(F)(F)C(F)(F)C(F)(F)C(F)(F)C(F)(F)C(F)F)C(Cl)(Cl)Cl. The molecule has 0 radical (unpaired) electrons. The molecule has 0 rings (SSSR count). The van der Waals surface area contributed by atoms with E-state index in [0.29, 0.717) is 0 Å². The van der Waals surface area contributed by atoms with Crippen LogP contribution in [0, 0.1) is 0 Å². The van der Waals surface area contributed by atoms with Crippen LogP contribution in [0.4, 0.5) is 52.7 Å². The summed E-state index contributed by atoms with van der Waals surface area (Å²) in [6.45, 7) is -2.21. The molecule has 0 aliphatic rings. The molecule has 0 aliphatic heterocycles. The van der Waals surface area contributed by atoms with E-state index in [2.05, 4.69) is 4.52 Å². The Kier molecular flexibility index (Phi) is 8.11. The lowest BCUT2D eigenvalue weighted by molar-refractivity contribution is -0.414. The minimum Gasteiger partial charge on any atom is -0.319 e. The van der Waals surface area contributed by atoms with Crippen molar-refractivity contribution in [3.63, 3.8) is 0 Å². The van der Waals surface area contributed by atoms with Crippen molar-refractivity contribution in [2.24, 2.45) is 0 Å². The fourth-order valence-electron chi connectivity index (χ4n) is 1.39. The summed E-state index contributed by atoms with van der Waals surface area (Å²) in [5, 5.41) is 0. The summed E-state index contributed by atoms with van der Waals surface area (Å²) >= 11 is 15.3. The van der Waals surface area contributed by atoms with Gasteiger partial charge < -0.3 is 4.52 Å². The summed E-state index contributed by atoms with van der Waals surface area (Å²) in [6.07, 6.45) is -6.56. The summed E-state index contributed by atoms with van der Waals surface area (Å²) in [7, 11) is -4.91. The first-order valence-electron chi connectivity index (χ1n) is 6.44. The first kappa shape index (κ1) is 28.2. The lowest BCUT2D eigenvalue weighted by Gasteiger charge is -2.39. The second-order valence-electron chi connectivity index (χ2n) is 5.08. The molecule has 0 N–H and O–H groups in total. The molecule has 0 heterocycles.